The molecule has 9 heteroatoms. The van der Waals surface area contributed by atoms with Crippen molar-refractivity contribution in [3.63, 3.8) is 0 Å². The van der Waals surface area contributed by atoms with Crippen molar-refractivity contribution >= 4 is 68.2 Å². The molecule has 5 nitrogen and oxygen atoms in total. The number of nitrogens with one attached hydrogen (secondary N) is 1. The van der Waals surface area contributed by atoms with Gasteiger partial charge >= 0.3 is 0 Å². The van der Waals surface area contributed by atoms with Gasteiger partial charge in [0.2, 0.25) is 5.91 Å². The van der Waals surface area contributed by atoms with Crippen LogP contribution in [0.5, 0.6) is 0 Å². The van der Waals surface area contributed by atoms with Crippen LogP contribution in [0, 0.1) is 6.92 Å². The van der Waals surface area contributed by atoms with Crippen molar-refractivity contribution in [2.75, 3.05) is 11.1 Å². The van der Waals surface area contributed by atoms with Crippen LogP contribution in [0.4, 0.5) is 5.82 Å². The van der Waals surface area contributed by atoms with Gasteiger partial charge in [-0.05, 0) is 23.9 Å². The molecule has 3 aromatic heterocycles. The minimum atomic E-state index is -0.215. The average molecular weight is 385 g/mol. The molecule has 0 aliphatic heterocycles. The summed E-state index contributed by atoms with van der Waals surface area (Å²) in [5.74, 6) is 0.289. The maximum Gasteiger partial charge on any atom is 0.235 e. The van der Waals surface area contributed by atoms with Gasteiger partial charge in [0.05, 0.1) is 15.8 Å². The summed E-state index contributed by atoms with van der Waals surface area (Å²) < 4.78 is 0. The van der Waals surface area contributed by atoms with Crippen LogP contribution in [0.2, 0.25) is 10.0 Å². The number of nitrogens with zero attached hydrogens (tertiary/aromatic N) is 3. The van der Waals surface area contributed by atoms with E-state index in [1.165, 1.54) is 35.6 Å². The van der Waals surface area contributed by atoms with Gasteiger partial charge in [0.15, 0.2) is 5.82 Å². The Kier molecular flexibility index (Phi) is 5.01. The third-order valence-corrected chi connectivity index (χ3v) is 5.69. The highest BCUT2D eigenvalue weighted by atomic mass is 35.5. The topological polar surface area (TPSA) is 67.8 Å². The molecule has 3 rings (SSSR count). The van der Waals surface area contributed by atoms with Crippen molar-refractivity contribution in [1.82, 2.24) is 15.0 Å². The average Bonchev–Trinajstić information content (AvgIpc) is 3.02. The maximum absolute atomic E-state index is 12.1. The Bertz CT molecular complexity index is 884. The number of aromatic nitrogens is 3. The van der Waals surface area contributed by atoms with E-state index in [9.17, 15) is 4.79 Å². The summed E-state index contributed by atoms with van der Waals surface area (Å²) in [4.78, 5) is 25.5. The minimum absolute atomic E-state index is 0.196. The molecule has 3 heterocycles. The van der Waals surface area contributed by atoms with E-state index in [-0.39, 0.29) is 11.7 Å². The van der Waals surface area contributed by atoms with Gasteiger partial charge in [0.25, 0.3) is 0 Å². The van der Waals surface area contributed by atoms with Crippen LogP contribution in [-0.2, 0) is 4.79 Å². The van der Waals surface area contributed by atoms with Crippen LogP contribution in [0.15, 0.2) is 29.0 Å². The highest BCUT2D eigenvalue weighted by Gasteiger charge is 2.13. The molecule has 0 aromatic carbocycles. The molecule has 0 aliphatic carbocycles. The molecular formula is C14H10Cl2N4OS2. The maximum atomic E-state index is 12.1. The predicted molar refractivity (Wildman–Crippen MR) is 95.8 cm³/mol. The SMILES string of the molecule is Cc1c(Cl)cnc(NC(=O)CSc2ncnc3sccc23)c1Cl. The van der Waals surface area contributed by atoms with Gasteiger partial charge in [-0.25, -0.2) is 15.0 Å². The zero-order valence-corrected chi connectivity index (χ0v) is 15.0. The number of carbonyl (C=O) groups is 1. The molecule has 0 unspecified atom stereocenters. The number of pyridine rings is 1. The summed E-state index contributed by atoms with van der Waals surface area (Å²) in [6.07, 6.45) is 2.96. The first-order valence-electron chi connectivity index (χ1n) is 6.47. The number of anilines is 1. The van der Waals surface area contributed by atoms with E-state index in [2.05, 4.69) is 20.3 Å². The number of carbonyl (C=O) groups excluding carboxylic acids is 1. The monoisotopic (exact) mass is 384 g/mol. The number of rotatable bonds is 4. The van der Waals surface area contributed by atoms with E-state index >= 15 is 0 Å². The molecule has 0 spiro atoms. The number of amides is 1. The normalized spacial score (nSPS) is 10.9. The Hall–Kier alpha value is -1.41. The molecule has 0 saturated heterocycles. The van der Waals surface area contributed by atoms with Crippen molar-refractivity contribution in [2.45, 2.75) is 11.9 Å². The second-order valence-corrected chi connectivity index (χ2v) is 7.19. The fourth-order valence-electron chi connectivity index (χ4n) is 1.83. The van der Waals surface area contributed by atoms with E-state index in [1.54, 1.807) is 6.92 Å². The van der Waals surface area contributed by atoms with E-state index < -0.39 is 0 Å². The first-order chi connectivity index (χ1) is 11.1. The lowest BCUT2D eigenvalue weighted by molar-refractivity contribution is -0.113. The van der Waals surface area contributed by atoms with Crippen molar-refractivity contribution in [3.8, 4) is 0 Å². The Balaban J connectivity index is 1.69. The summed E-state index contributed by atoms with van der Waals surface area (Å²) in [6.45, 7) is 1.77. The van der Waals surface area contributed by atoms with E-state index in [1.807, 2.05) is 11.4 Å². The molecule has 0 atom stereocenters. The number of halogens is 2. The lowest BCUT2D eigenvalue weighted by Gasteiger charge is -2.09. The lowest BCUT2D eigenvalue weighted by Crippen LogP contribution is -2.15. The fourth-order valence-corrected chi connectivity index (χ4v) is 3.80. The van der Waals surface area contributed by atoms with Gasteiger partial charge in [-0.1, -0.05) is 35.0 Å². The second-order valence-electron chi connectivity index (χ2n) is 4.55. The molecule has 23 heavy (non-hydrogen) atoms. The van der Waals surface area contributed by atoms with Crippen LogP contribution >= 0.6 is 46.3 Å². The molecule has 3 aromatic rings. The molecule has 0 fully saturated rings. The zero-order valence-electron chi connectivity index (χ0n) is 11.8. The van der Waals surface area contributed by atoms with Crippen LogP contribution in [-0.4, -0.2) is 26.6 Å². The summed E-state index contributed by atoms with van der Waals surface area (Å²) in [7, 11) is 0. The van der Waals surface area contributed by atoms with Gasteiger partial charge in [-0.3, -0.25) is 4.79 Å². The first kappa shape index (κ1) is 16.4. The fraction of sp³-hybridized carbons (Fsp3) is 0.143. The highest BCUT2D eigenvalue weighted by molar-refractivity contribution is 8.00. The lowest BCUT2D eigenvalue weighted by atomic mass is 10.3. The van der Waals surface area contributed by atoms with Gasteiger partial charge in [0, 0.05) is 11.6 Å². The van der Waals surface area contributed by atoms with Gasteiger partial charge in [-0.2, -0.15) is 0 Å². The molecular weight excluding hydrogens is 375 g/mol. The first-order valence-corrected chi connectivity index (χ1v) is 9.10. The predicted octanol–water partition coefficient (Wildman–Crippen LogP) is 4.43. The van der Waals surface area contributed by atoms with Gasteiger partial charge in [0.1, 0.15) is 16.2 Å². The summed E-state index contributed by atoms with van der Waals surface area (Å²) >= 11 is 14.9. The van der Waals surface area contributed by atoms with Crippen molar-refractivity contribution in [1.29, 1.82) is 0 Å². The van der Waals surface area contributed by atoms with Crippen molar-refractivity contribution < 1.29 is 4.79 Å². The molecule has 0 aliphatic rings. The summed E-state index contributed by atoms with van der Waals surface area (Å²) in [5.41, 5.74) is 0.682. The van der Waals surface area contributed by atoms with E-state index in [0.29, 0.717) is 21.4 Å². The largest absolute Gasteiger partial charge is 0.309 e. The zero-order chi connectivity index (χ0) is 16.4. The number of thioether (sulfide) groups is 1. The van der Waals surface area contributed by atoms with Gasteiger partial charge in [-0.15, -0.1) is 11.3 Å². The Morgan fingerprint density at radius 3 is 3.00 bits per heavy atom. The molecule has 0 bridgehead atoms. The Labute approximate surface area is 150 Å². The third-order valence-electron chi connectivity index (χ3n) is 3.03. The van der Waals surface area contributed by atoms with Crippen LogP contribution in [0.3, 0.4) is 0 Å². The van der Waals surface area contributed by atoms with E-state index in [0.717, 1.165) is 15.2 Å². The quantitative estimate of drug-likeness (QED) is 0.532. The third kappa shape index (κ3) is 3.58. The number of fused-ring (bicyclic) bond motifs is 1. The molecule has 1 N–H and O–H groups in total. The van der Waals surface area contributed by atoms with Crippen LogP contribution < -0.4 is 5.32 Å². The van der Waals surface area contributed by atoms with Crippen molar-refractivity contribution in [2.24, 2.45) is 0 Å². The second kappa shape index (κ2) is 7.00. The number of hydrogen-bond donors (Lipinski definition) is 1. The van der Waals surface area contributed by atoms with Crippen molar-refractivity contribution in [3.05, 3.63) is 39.6 Å². The number of thiophene rings is 1. The molecule has 0 saturated carbocycles. The molecule has 0 radical (unpaired) electrons. The van der Waals surface area contributed by atoms with Crippen LogP contribution in [0.1, 0.15) is 5.56 Å². The van der Waals surface area contributed by atoms with E-state index in [4.69, 9.17) is 23.2 Å². The van der Waals surface area contributed by atoms with Crippen LogP contribution in [0.25, 0.3) is 10.2 Å². The summed E-state index contributed by atoms with van der Waals surface area (Å²) in [5, 5.41) is 7.17. The minimum Gasteiger partial charge on any atom is -0.309 e. The molecule has 118 valence electrons. The highest BCUT2D eigenvalue weighted by Crippen LogP contribution is 2.30. The Morgan fingerprint density at radius 1 is 1.35 bits per heavy atom. The summed E-state index contributed by atoms with van der Waals surface area (Å²) in [6, 6.07) is 1.95. The smallest absolute Gasteiger partial charge is 0.235 e. The Morgan fingerprint density at radius 2 is 2.17 bits per heavy atom. The number of hydrogen-bond acceptors (Lipinski definition) is 6. The molecule has 1 amide bonds. The standard InChI is InChI=1S/C14H10Cl2N4OS2/c1-7-9(15)4-17-12(11(7)16)20-10(21)5-23-14-8-2-3-22-13(8)18-6-19-14/h2-4,6H,5H2,1H3,(H,17,20,21). The van der Waals surface area contributed by atoms with Gasteiger partial charge < -0.3 is 5.32 Å².